The number of carbonyl (C=O) groups excluding carboxylic acids is 1. The van der Waals surface area contributed by atoms with Crippen LogP contribution in [0, 0.1) is 5.41 Å². The number of nitrogens with two attached hydrogens (primary N) is 1. The SMILES string of the molecule is COc1cc(-c2ccc3c(c2)CCC(C)(C)C3OC(N)=O)ccc1Cl. The quantitative estimate of drug-likeness (QED) is 0.826. The summed E-state index contributed by atoms with van der Waals surface area (Å²) in [4.78, 5) is 11.3. The molecule has 2 N–H and O–H groups in total. The molecule has 132 valence electrons. The van der Waals surface area contributed by atoms with Crippen LogP contribution in [-0.4, -0.2) is 13.2 Å². The number of benzene rings is 2. The van der Waals surface area contributed by atoms with Gasteiger partial charge in [0, 0.05) is 5.41 Å². The molecule has 0 saturated carbocycles. The van der Waals surface area contributed by atoms with Gasteiger partial charge in [0.15, 0.2) is 0 Å². The molecule has 1 aliphatic carbocycles. The molecule has 0 aliphatic heterocycles. The Morgan fingerprint density at radius 1 is 1.20 bits per heavy atom. The first-order chi connectivity index (χ1) is 11.8. The third-order valence-electron chi connectivity index (χ3n) is 4.89. The zero-order chi connectivity index (χ0) is 18.2. The normalized spacial score (nSPS) is 18.3. The van der Waals surface area contributed by atoms with Crippen LogP contribution < -0.4 is 10.5 Å². The van der Waals surface area contributed by atoms with Gasteiger partial charge in [0.1, 0.15) is 11.9 Å². The summed E-state index contributed by atoms with van der Waals surface area (Å²) in [6.45, 7) is 4.20. The maximum Gasteiger partial charge on any atom is 0.405 e. The van der Waals surface area contributed by atoms with E-state index < -0.39 is 6.09 Å². The Kier molecular flexibility index (Phi) is 4.65. The van der Waals surface area contributed by atoms with Crippen molar-refractivity contribution in [3.05, 3.63) is 52.5 Å². The average Bonchev–Trinajstić information content (AvgIpc) is 2.57. The minimum Gasteiger partial charge on any atom is -0.495 e. The number of methoxy groups -OCH3 is 1. The molecule has 0 heterocycles. The van der Waals surface area contributed by atoms with Crippen molar-refractivity contribution < 1.29 is 14.3 Å². The number of fused-ring (bicyclic) bond motifs is 1. The summed E-state index contributed by atoms with van der Waals surface area (Å²) < 4.78 is 10.7. The highest BCUT2D eigenvalue weighted by molar-refractivity contribution is 6.32. The molecular formula is C20H22ClNO3. The lowest BCUT2D eigenvalue weighted by atomic mass is 9.71. The second-order valence-electron chi connectivity index (χ2n) is 7.07. The Bertz CT molecular complexity index is 817. The number of aryl methyl sites for hydroxylation is 1. The van der Waals surface area contributed by atoms with Gasteiger partial charge < -0.3 is 15.2 Å². The molecule has 0 fully saturated rings. The highest BCUT2D eigenvalue weighted by Gasteiger charge is 2.38. The fourth-order valence-electron chi connectivity index (χ4n) is 3.44. The molecule has 0 aromatic heterocycles. The summed E-state index contributed by atoms with van der Waals surface area (Å²) in [7, 11) is 1.60. The van der Waals surface area contributed by atoms with Gasteiger partial charge in [-0.05, 0) is 47.2 Å². The van der Waals surface area contributed by atoms with Gasteiger partial charge in [-0.1, -0.05) is 49.7 Å². The Morgan fingerprint density at radius 3 is 2.56 bits per heavy atom. The van der Waals surface area contributed by atoms with Crippen molar-refractivity contribution in [2.24, 2.45) is 11.1 Å². The van der Waals surface area contributed by atoms with Gasteiger partial charge in [-0.15, -0.1) is 0 Å². The number of halogens is 1. The van der Waals surface area contributed by atoms with Gasteiger partial charge in [-0.2, -0.15) is 0 Å². The van der Waals surface area contributed by atoms with Crippen LogP contribution in [0.3, 0.4) is 0 Å². The third-order valence-corrected chi connectivity index (χ3v) is 5.20. The largest absolute Gasteiger partial charge is 0.495 e. The Hall–Kier alpha value is -2.20. The van der Waals surface area contributed by atoms with E-state index in [0.29, 0.717) is 10.8 Å². The highest BCUT2D eigenvalue weighted by Crippen LogP contribution is 2.46. The minimum absolute atomic E-state index is 0.146. The Labute approximate surface area is 152 Å². The lowest BCUT2D eigenvalue weighted by Gasteiger charge is -2.39. The van der Waals surface area contributed by atoms with Crippen LogP contribution in [-0.2, 0) is 11.2 Å². The van der Waals surface area contributed by atoms with Crippen molar-refractivity contribution in [2.45, 2.75) is 32.8 Å². The third kappa shape index (κ3) is 3.45. The van der Waals surface area contributed by atoms with E-state index >= 15 is 0 Å². The summed E-state index contributed by atoms with van der Waals surface area (Å²) in [5.74, 6) is 0.646. The number of primary amides is 1. The summed E-state index contributed by atoms with van der Waals surface area (Å²) in [6, 6.07) is 11.9. The van der Waals surface area contributed by atoms with E-state index in [2.05, 4.69) is 19.9 Å². The van der Waals surface area contributed by atoms with Gasteiger partial charge in [-0.3, -0.25) is 0 Å². The van der Waals surface area contributed by atoms with Gasteiger partial charge in [0.05, 0.1) is 12.1 Å². The molecule has 1 amide bonds. The van der Waals surface area contributed by atoms with Crippen LogP contribution in [0.1, 0.15) is 37.5 Å². The van der Waals surface area contributed by atoms with Crippen molar-refractivity contribution in [1.82, 2.24) is 0 Å². The fraction of sp³-hybridized carbons (Fsp3) is 0.350. The Morgan fingerprint density at radius 2 is 1.88 bits per heavy atom. The molecule has 4 nitrogen and oxygen atoms in total. The standard InChI is InChI=1S/C20H22ClNO3/c1-20(2)9-8-14-10-12(4-6-15(14)18(20)25-19(22)23)13-5-7-16(21)17(11-13)24-3/h4-7,10-11,18H,8-9H2,1-3H3,(H2,22,23). The van der Waals surface area contributed by atoms with Crippen LogP contribution in [0.4, 0.5) is 4.79 Å². The monoisotopic (exact) mass is 359 g/mol. The molecule has 0 radical (unpaired) electrons. The number of amides is 1. The van der Waals surface area contributed by atoms with Crippen molar-refractivity contribution >= 4 is 17.7 Å². The maximum atomic E-state index is 11.3. The molecule has 25 heavy (non-hydrogen) atoms. The van der Waals surface area contributed by atoms with Gasteiger partial charge in [0.2, 0.25) is 0 Å². The molecule has 2 aromatic carbocycles. The van der Waals surface area contributed by atoms with Crippen LogP contribution in [0.15, 0.2) is 36.4 Å². The van der Waals surface area contributed by atoms with Crippen molar-refractivity contribution in [3.8, 4) is 16.9 Å². The second-order valence-corrected chi connectivity index (χ2v) is 7.48. The number of hydrogen-bond acceptors (Lipinski definition) is 3. The molecule has 1 unspecified atom stereocenters. The van der Waals surface area contributed by atoms with E-state index in [-0.39, 0.29) is 11.5 Å². The second kappa shape index (κ2) is 6.60. The van der Waals surface area contributed by atoms with Crippen LogP contribution in [0.2, 0.25) is 5.02 Å². The molecule has 1 aliphatic rings. The first-order valence-electron chi connectivity index (χ1n) is 8.24. The maximum absolute atomic E-state index is 11.3. The highest BCUT2D eigenvalue weighted by atomic mass is 35.5. The van der Waals surface area contributed by atoms with E-state index in [1.54, 1.807) is 7.11 Å². The Balaban J connectivity index is 2.01. The van der Waals surface area contributed by atoms with E-state index in [1.807, 2.05) is 30.3 Å². The predicted octanol–water partition coefficient (Wildman–Crippen LogP) is 5.12. The molecular weight excluding hydrogens is 338 g/mol. The van der Waals surface area contributed by atoms with Crippen LogP contribution >= 0.6 is 11.6 Å². The lowest BCUT2D eigenvalue weighted by Crippen LogP contribution is -2.33. The van der Waals surface area contributed by atoms with Crippen molar-refractivity contribution in [3.63, 3.8) is 0 Å². The van der Waals surface area contributed by atoms with E-state index in [0.717, 1.165) is 29.5 Å². The van der Waals surface area contributed by atoms with Crippen molar-refractivity contribution in [2.75, 3.05) is 7.11 Å². The van der Waals surface area contributed by atoms with E-state index in [1.165, 1.54) is 5.56 Å². The van der Waals surface area contributed by atoms with Gasteiger partial charge >= 0.3 is 6.09 Å². The van der Waals surface area contributed by atoms with Crippen LogP contribution in [0.5, 0.6) is 5.75 Å². The molecule has 3 rings (SSSR count). The zero-order valence-corrected chi connectivity index (χ0v) is 15.4. The molecule has 2 aromatic rings. The minimum atomic E-state index is -0.738. The molecule has 0 saturated heterocycles. The average molecular weight is 360 g/mol. The number of hydrogen-bond donors (Lipinski definition) is 1. The van der Waals surface area contributed by atoms with Gasteiger partial charge in [-0.25, -0.2) is 4.79 Å². The van der Waals surface area contributed by atoms with Gasteiger partial charge in [0.25, 0.3) is 0 Å². The summed E-state index contributed by atoms with van der Waals surface area (Å²) in [6.07, 6.45) is 0.783. The van der Waals surface area contributed by atoms with E-state index in [9.17, 15) is 4.79 Å². The number of ether oxygens (including phenoxy) is 2. The fourth-order valence-corrected chi connectivity index (χ4v) is 3.64. The lowest BCUT2D eigenvalue weighted by molar-refractivity contribution is 0.0147. The molecule has 0 spiro atoms. The number of carbonyl (C=O) groups is 1. The molecule has 1 atom stereocenters. The molecule has 5 heteroatoms. The van der Waals surface area contributed by atoms with Crippen LogP contribution in [0.25, 0.3) is 11.1 Å². The van der Waals surface area contributed by atoms with E-state index in [4.69, 9.17) is 26.8 Å². The smallest absolute Gasteiger partial charge is 0.405 e. The van der Waals surface area contributed by atoms with Crippen molar-refractivity contribution in [1.29, 1.82) is 0 Å². The summed E-state index contributed by atoms with van der Waals surface area (Å²) in [5.41, 5.74) is 9.44. The number of rotatable bonds is 3. The first kappa shape index (κ1) is 17.6. The predicted molar refractivity (Wildman–Crippen MR) is 99.0 cm³/mol. The zero-order valence-electron chi connectivity index (χ0n) is 14.6. The summed E-state index contributed by atoms with van der Waals surface area (Å²) >= 11 is 6.11. The molecule has 0 bridgehead atoms. The topological polar surface area (TPSA) is 61.6 Å². The first-order valence-corrected chi connectivity index (χ1v) is 8.62. The summed E-state index contributed by atoms with van der Waals surface area (Å²) in [5, 5.41) is 0.584.